The minimum atomic E-state index is 1.01. The van der Waals surface area contributed by atoms with Crippen molar-refractivity contribution in [3.63, 3.8) is 0 Å². The summed E-state index contributed by atoms with van der Waals surface area (Å²) in [6, 6.07) is 17.6. The molecule has 0 unspecified atom stereocenters. The second kappa shape index (κ2) is 10.7. The SMILES string of the molecule is CCCCCc1nnc(-c2ccc3c(ccc4c(-c5nnc(CCCCC)s5)cccc43)c2)s1. The van der Waals surface area contributed by atoms with E-state index in [1.165, 1.54) is 65.6 Å². The van der Waals surface area contributed by atoms with Crippen LogP contribution in [0.4, 0.5) is 0 Å². The number of rotatable bonds is 10. The van der Waals surface area contributed by atoms with Crippen molar-refractivity contribution in [2.24, 2.45) is 0 Å². The number of hydrogen-bond donors (Lipinski definition) is 0. The Balaban J connectivity index is 1.45. The monoisotopic (exact) mass is 486 g/mol. The zero-order chi connectivity index (χ0) is 23.3. The van der Waals surface area contributed by atoms with Gasteiger partial charge in [0, 0.05) is 24.0 Å². The highest BCUT2D eigenvalue weighted by Crippen LogP contribution is 2.36. The second-order valence-electron chi connectivity index (χ2n) is 8.82. The van der Waals surface area contributed by atoms with Gasteiger partial charge in [-0.2, -0.15) is 0 Å². The minimum absolute atomic E-state index is 1.01. The van der Waals surface area contributed by atoms with Gasteiger partial charge in [0.25, 0.3) is 0 Å². The zero-order valence-corrected chi connectivity index (χ0v) is 21.5. The molecule has 0 saturated carbocycles. The van der Waals surface area contributed by atoms with E-state index in [0.29, 0.717) is 0 Å². The standard InChI is InChI=1S/C28H30N4S2/c1-3-5-7-12-25-29-31-27(33-25)20-15-16-21-19(18-20)14-17-23-22(21)10-9-11-24(23)28-32-30-26(34-28)13-8-6-4-2/h9-11,14-18H,3-8,12-13H2,1-2H3. The van der Waals surface area contributed by atoms with Gasteiger partial charge < -0.3 is 0 Å². The lowest BCUT2D eigenvalue weighted by Crippen LogP contribution is -1.85. The molecule has 0 bridgehead atoms. The van der Waals surface area contributed by atoms with E-state index in [1.807, 2.05) is 0 Å². The van der Waals surface area contributed by atoms with Crippen molar-refractivity contribution < 1.29 is 0 Å². The molecule has 2 aromatic heterocycles. The summed E-state index contributed by atoms with van der Waals surface area (Å²) in [5.74, 6) is 0. The number of nitrogens with zero attached hydrogens (tertiary/aromatic N) is 4. The molecule has 0 fully saturated rings. The Kier molecular flexibility index (Phi) is 7.26. The van der Waals surface area contributed by atoms with Crippen molar-refractivity contribution in [2.45, 2.75) is 65.2 Å². The molecule has 3 aromatic carbocycles. The third-order valence-corrected chi connectivity index (χ3v) is 8.33. The normalized spacial score (nSPS) is 11.6. The molecule has 0 aliphatic rings. The summed E-state index contributed by atoms with van der Waals surface area (Å²) in [7, 11) is 0. The Hall–Kier alpha value is -2.70. The van der Waals surface area contributed by atoms with Crippen LogP contribution in [0.15, 0.2) is 48.5 Å². The molecule has 2 heterocycles. The summed E-state index contributed by atoms with van der Waals surface area (Å²) in [4.78, 5) is 0. The van der Waals surface area contributed by atoms with Crippen molar-refractivity contribution in [2.75, 3.05) is 0 Å². The summed E-state index contributed by atoms with van der Waals surface area (Å²) >= 11 is 3.45. The third kappa shape index (κ3) is 4.89. The first-order valence-corrected chi connectivity index (χ1v) is 14.0. The van der Waals surface area contributed by atoms with E-state index in [-0.39, 0.29) is 0 Å². The number of aromatic nitrogens is 4. The summed E-state index contributed by atoms with van der Waals surface area (Å²) in [5, 5.41) is 27.1. The van der Waals surface area contributed by atoms with Gasteiger partial charge >= 0.3 is 0 Å². The van der Waals surface area contributed by atoms with Crippen LogP contribution in [0.25, 0.3) is 42.7 Å². The van der Waals surface area contributed by atoms with E-state index < -0.39 is 0 Å². The van der Waals surface area contributed by atoms with Gasteiger partial charge in [-0.15, -0.1) is 20.4 Å². The molecule has 0 amide bonds. The molecule has 0 atom stereocenters. The Morgan fingerprint density at radius 3 is 2.03 bits per heavy atom. The van der Waals surface area contributed by atoms with Crippen LogP contribution in [0, 0.1) is 0 Å². The fraction of sp³-hybridized carbons (Fsp3) is 0.357. The average Bonchev–Trinajstić information content (AvgIpc) is 3.54. The molecule has 5 rings (SSSR count). The van der Waals surface area contributed by atoms with E-state index >= 15 is 0 Å². The summed E-state index contributed by atoms with van der Waals surface area (Å²) in [6.07, 6.45) is 9.36. The first-order chi connectivity index (χ1) is 16.8. The second-order valence-corrected chi connectivity index (χ2v) is 10.9. The quantitative estimate of drug-likeness (QED) is 0.147. The summed E-state index contributed by atoms with van der Waals surface area (Å²) in [6.45, 7) is 4.46. The van der Waals surface area contributed by atoms with Gasteiger partial charge in [-0.3, -0.25) is 0 Å². The fourth-order valence-corrected chi connectivity index (χ4v) is 6.20. The van der Waals surface area contributed by atoms with E-state index in [2.05, 4.69) is 82.8 Å². The summed E-state index contributed by atoms with van der Waals surface area (Å²) < 4.78 is 0. The number of unbranched alkanes of at least 4 members (excludes halogenated alkanes) is 4. The Morgan fingerprint density at radius 2 is 1.29 bits per heavy atom. The molecule has 0 saturated heterocycles. The maximum Gasteiger partial charge on any atom is 0.148 e. The third-order valence-electron chi connectivity index (χ3n) is 6.28. The van der Waals surface area contributed by atoms with E-state index in [9.17, 15) is 0 Å². The molecule has 6 heteroatoms. The van der Waals surface area contributed by atoms with Crippen molar-refractivity contribution in [3.8, 4) is 21.1 Å². The molecular weight excluding hydrogens is 456 g/mol. The molecule has 0 aliphatic carbocycles. The largest absolute Gasteiger partial charge is 0.148 e. The van der Waals surface area contributed by atoms with Crippen LogP contribution in [-0.4, -0.2) is 20.4 Å². The van der Waals surface area contributed by atoms with Crippen LogP contribution >= 0.6 is 22.7 Å². The van der Waals surface area contributed by atoms with Crippen LogP contribution in [-0.2, 0) is 12.8 Å². The van der Waals surface area contributed by atoms with Gasteiger partial charge in [0.05, 0.1) is 0 Å². The number of aryl methyl sites for hydroxylation is 2. The maximum absolute atomic E-state index is 4.53. The smallest absolute Gasteiger partial charge is 0.143 e. The lowest BCUT2D eigenvalue weighted by atomic mass is 9.97. The van der Waals surface area contributed by atoms with Crippen molar-refractivity contribution >= 4 is 44.2 Å². The van der Waals surface area contributed by atoms with Crippen LogP contribution in [0.5, 0.6) is 0 Å². The van der Waals surface area contributed by atoms with Gasteiger partial charge in [0.15, 0.2) is 0 Å². The Morgan fingerprint density at radius 1 is 0.618 bits per heavy atom. The molecule has 4 nitrogen and oxygen atoms in total. The van der Waals surface area contributed by atoms with Crippen molar-refractivity contribution in [1.29, 1.82) is 0 Å². The van der Waals surface area contributed by atoms with Gasteiger partial charge in [-0.1, -0.05) is 105 Å². The predicted molar refractivity (Wildman–Crippen MR) is 146 cm³/mol. The first kappa shape index (κ1) is 23.1. The van der Waals surface area contributed by atoms with Gasteiger partial charge in [0.1, 0.15) is 20.0 Å². The topological polar surface area (TPSA) is 51.6 Å². The van der Waals surface area contributed by atoms with Gasteiger partial charge in [0.2, 0.25) is 0 Å². The van der Waals surface area contributed by atoms with Crippen LogP contribution < -0.4 is 0 Å². The molecule has 0 N–H and O–H groups in total. The van der Waals surface area contributed by atoms with E-state index in [1.54, 1.807) is 22.7 Å². The number of hydrogen-bond acceptors (Lipinski definition) is 6. The number of fused-ring (bicyclic) bond motifs is 3. The predicted octanol–water partition coefficient (Wildman–Crippen LogP) is 8.50. The highest BCUT2D eigenvalue weighted by Gasteiger charge is 2.13. The molecule has 0 aliphatic heterocycles. The molecule has 0 spiro atoms. The highest BCUT2D eigenvalue weighted by molar-refractivity contribution is 7.15. The van der Waals surface area contributed by atoms with E-state index in [0.717, 1.165) is 38.4 Å². The van der Waals surface area contributed by atoms with Gasteiger partial charge in [-0.25, -0.2) is 0 Å². The molecular formula is C28H30N4S2. The molecule has 174 valence electrons. The van der Waals surface area contributed by atoms with Gasteiger partial charge in [-0.05, 0) is 40.5 Å². The lowest BCUT2D eigenvalue weighted by molar-refractivity contribution is 0.710. The Bertz CT molecular complexity index is 1400. The highest BCUT2D eigenvalue weighted by atomic mass is 32.1. The maximum atomic E-state index is 4.53. The fourth-order valence-electron chi connectivity index (χ4n) is 4.41. The van der Waals surface area contributed by atoms with Crippen LogP contribution in [0.1, 0.15) is 62.4 Å². The van der Waals surface area contributed by atoms with Crippen molar-refractivity contribution in [3.05, 3.63) is 58.5 Å². The zero-order valence-electron chi connectivity index (χ0n) is 19.9. The van der Waals surface area contributed by atoms with E-state index in [4.69, 9.17) is 0 Å². The van der Waals surface area contributed by atoms with Crippen LogP contribution in [0.2, 0.25) is 0 Å². The molecule has 0 radical (unpaired) electrons. The molecule has 5 aromatic rings. The average molecular weight is 487 g/mol. The minimum Gasteiger partial charge on any atom is -0.143 e. The van der Waals surface area contributed by atoms with Crippen molar-refractivity contribution in [1.82, 2.24) is 20.4 Å². The Labute approximate surface area is 209 Å². The van der Waals surface area contributed by atoms with Crippen LogP contribution in [0.3, 0.4) is 0 Å². The molecule has 34 heavy (non-hydrogen) atoms. The summed E-state index contributed by atoms with van der Waals surface area (Å²) in [5.41, 5.74) is 2.31. The first-order valence-electron chi connectivity index (χ1n) is 12.4. The lowest BCUT2D eigenvalue weighted by Gasteiger charge is -2.08. The number of benzene rings is 3.